The first-order valence-electron chi connectivity index (χ1n) is 29.6. The molecule has 0 spiro atoms. The van der Waals surface area contributed by atoms with E-state index in [1.54, 1.807) is 0 Å². The second-order valence-corrected chi connectivity index (χ2v) is 21.5. The molecule has 2 fully saturated rings. The number of aromatic nitrogens is 4. The zero-order valence-corrected chi connectivity index (χ0v) is 51.7. The average Bonchev–Trinajstić information content (AvgIpc) is 1.18. The first-order chi connectivity index (χ1) is 44.1. The number of carbonyl (C=O) groups excluding carboxylic acids is 8. The molecule has 5 aromatic rings. The summed E-state index contributed by atoms with van der Waals surface area (Å²) in [5.74, 6) is -4.60. The summed E-state index contributed by atoms with van der Waals surface area (Å²) < 4.78 is 79.6. The normalized spacial score (nSPS) is 21.4. The molecule has 2 aromatic carbocycles. The maximum absolute atomic E-state index is 12.3. The Balaban J connectivity index is 0.872. The number of H-pyrrole nitrogens is 2. The fourth-order valence-corrected chi connectivity index (χ4v) is 10.7. The maximum Gasteiger partial charge on any atom is 0.303 e. The van der Waals surface area contributed by atoms with Crippen LogP contribution in [0.1, 0.15) is 91.0 Å². The number of benzene rings is 2. The Morgan fingerprint density at radius 3 is 1.10 bits per heavy atom. The molecule has 0 amide bonds. The number of rotatable bonds is 24. The molecule has 0 saturated carbocycles. The van der Waals surface area contributed by atoms with E-state index >= 15 is 0 Å². The van der Waals surface area contributed by atoms with Crippen molar-refractivity contribution in [1.29, 1.82) is 0 Å². The van der Waals surface area contributed by atoms with Crippen LogP contribution in [0.2, 0.25) is 0 Å². The van der Waals surface area contributed by atoms with Gasteiger partial charge in [-0.2, -0.15) is 0 Å². The van der Waals surface area contributed by atoms with Crippen molar-refractivity contribution >= 4 is 94.1 Å². The highest BCUT2D eigenvalue weighted by Gasteiger charge is 2.54. The second-order valence-electron chi connectivity index (χ2n) is 21.5. The van der Waals surface area contributed by atoms with Gasteiger partial charge >= 0.3 is 47.8 Å². The largest absolute Gasteiger partial charge is 0.494 e. The van der Waals surface area contributed by atoms with E-state index in [1.165, 1.54) is 13.8 Å². The van der Waals surface area contributed by atoms with Gasteiger partial charge in [-0.3, -0.25) is 38.4 Å². The van der Waals surface area contributed by atoms with E-state index in [0.29, 0.717) is 35.7 Å². The Labute approximate surface area is 527 Å². The van der Waals surface area contributed by atoms with Crippen LogP contribution in [0.15, 0.2) is 84.9 Å². The molecule has 3 aromatic heterocycles. The van der Waals surface area contributed by atoms with Gasteiger partial charge in [-0.05, 0) is 96.1 Å². The number of hydrogen-bond donors (Lipinski definition) is 2. The fourth-order valence-electron chi connectivity index (χ4n) is 10.7. The van der Waals surface area contributed by atoms with Crippen LogP contribution < -0.4 is 9.47 Å². The molecule has 9 rings (SSSR count). The van der Waals surface area contributed by atoms with Gasteiger partial charge in [-0.25, -0.2) is 9.97 Å². The van der Waals surface area contributed by atoms with E-state index in [0.717, 1.165) is 97.3 Å². The maximum atomic E-state index is 12.3. The fraction of sp³-hybridized carbons (Fsp3) is 0.394. The molecule has 0 radical (unpaired) electrons. The molecule has 2 N–H and O–H groups in total. The van der Waals surface area contributed by atoms with E-state index in [4.69, 9.17) is 76.3 Å². The van der Waals surface area contributed by atoms with Gasteiger partial charge in [0.15, 0.2) is 49.2 Å². The molecular formula is C66H70N4O22. The molecule has 486 valence electrons. The topological polar surface area (TPSA) is 323 Å². The molecule has 10 atom stereocenters. The van der Waals surface area contributed by atoms with Crippen molar-refractivity contribution < 1.29 is 105 Å². The summed E-state index contributed by atoms with van der Waals surface area (Å²) in [6.45, 7) is 8.94. The standard InChI is InChI=1S/C66H70N4O22/c1-35(71)83-33-55-59(85-37(3)73)61(87-39(5)75)63(89-41(7)77)65(91-55)81-29-9-27-79-49-19-11-43(12-20-49)57-51-23-15-45(67-51)31-47-17-25-53(69-47)58(54-26-18-48(70-54)32-46-16-24-52(57)68-46)44-13-21-50(22-14-44)80-28-10-30-82-66-64(90-42(8)78)62(88-40(6)76)60(86-38(4)74)56(92-66)34-84-36(2)72/h11-26,31-32,55-56,59-67,70H,9-10,27-30,33-34H2,1-8H3. The Hall–Kier alpha value is -9.76. The second kappa shape index (κ2) is 30.8. The van der Waals surface area contributed by atoms with Crippen LogP contribution in [-0.4, -0.2) is 169 Å². The summed E-state index contributed by atoms with van der Waals surface area (Å²) in [7, 11) is 0. The number of nitrogens with zero attached hydrogens (tertiary/aromatic N) is 2. The number of aromatic amines is 2. The third-order valence-electron chi connectivity index (χ3n) is 14.3. The third-order valence-corrected chi connectivity index (χ3v) is 14.3. The Morgan fingerprint density at radius 2 is 0.750 bits per heavy atom. The number of carbonyl (C=O) groups is 8. The Bertz CT molecular complexity index is 3520. The number of ether oxygens (including phenoxy) is 14. The quantitative estimate of drug-likeness (QED) is 0.0332. The monoisotopic (exact) mass is 1270 g/mol. The van der Waals surface area contributed by atoms with Crippen molar-refractivity contribution in [1.82, 2.24) is 19.9 Å². The van der Waals surface area contributed by atoms with Crippen molar-refractivity contribution in [3.8, 4) is 33.8 Å². The lowest BCUT2D eigenvalue weighted by molar-refractivity contribution is -0.308. The van der Waals surface area contributed by atoms with Crippen LogP contribution in [0.25, 0.3) is 68.6 Å². The molecule has 26 heteroatoms. The van der Waals surface area contributed by atoms with Crippen molar-refractivity contribution in [2.75, 3.05) is 39.6 Å². The van der Waals surface area contributed by atoms with E-state index in [1.807, 2.05) is 109 Å². The highest BCUT2D eigenvalue weighted by Crippen LogP contribution is 2.36. The lowest BCUT2D eigenvalue weighted by Crippen LogP contribution is -2.63. The van der Waals surface area contributed by atoms with Crippen LogP contribution in [0.4, 0.5) is 0 Å². The molecule has 4 aliphatic heterocycles. The summed E-state index contributed by atoms with van der Waals surface area (Å²) in [5.41, 5.74) is 9.45. The van der Waals surface area contributed by atoms with Crippen molar-refractivity contribution in [2.24, 2.45) is 0 Å². The molecule has 92 heavy (non-hydrogen) atoms. The zero-order chi connectivity index (χ0) is 65.6. The average molecular weight is 1270 g/mol. The Morgan fingerprint density at radius 1 is 0.402 bits per heavy atom. The lowest BCUT2D eigenvalue weighted by Gasteiger charge is -2.44. The summed E-state index contributed by atoms with van der Waals surface area (Å²) in [4.78, 5) is 114. The minimum Gasteiger partial charge on any atom is -0.494 e. The first-order valence-corrected chi connectivity index (χ1v) is 29.6. The predicted octanol–water partition coefficient (Wildman–Crippen LogP) is 7.73. The van der Waals surface area contributed by atoms with Crippen LogP contribution in [0.5, 0.6) is 11.5 Å². The summed E-state index contributed by atoms with van der Waals surface area (Å²) in [6, 6.07) is 27.0. The van der Waals surface area contributed by atoms with E-state index < -0.39 is 109 Å². The van der Waals surface area contributed by atoms with E-state index in [-0.39, 0.29) is 39.6 Å². The molecular weight excluding hydrogens is 1200 g/mol. The van der Waals surface area contributed by atoms with Gasteiger partial charge in [-0.15, -0.1) is 0 Å². The Kier molecular flexibility index (Phi) is 22.3. The van der Waals surface area contributed by atoms with Crippen molar-refractivity contribution in [3.05, 3.63) is 108 Å². The molecule has 2 saturated heterocycles. The van der Waals surface area contributed by atoms with Gasteiger partial charge in [0.25, 0.3) is 0 Å². The molecule has 4 aliphatic rings. The number of fused-ring (bicyclic) bond motifs is 8. The third kappa shape index (κ3) is 17.8. The van der Waals surface area contributed by atoms with Crippen LogP contribution in [0, 0.1) is 0 Å². The zero-order valence-electron chi connectivity index (χ0n) is 51.7. The summed E-state index contributed by atoms with van der Waals surface area (Å²) in [6.07, 6.45) is -4.45. The minimum absolute atomic E-state index is 0.0248. The van der Waals surface area contributed by atoms with Gasteiger partial charge in [0.05, 0.1) is 49.2 Å². The molecule has 26 nitrogen and oxygen atoms in total. The van der Waals surface area contributed by atoms with Crippen molar-refractivity contribution in [3.63, 3.8) is 0 Å². The molecule has 10 unspecified atom stereocenters. The number of nitrogens with one attached hydrogen (secondary N) is 2. The van der Waals surface area contributed by atoms with Gasteiger partial charge < -0.3 is 76.3 Å². The van der Waals surface area contributed by atoms with E-state index in [2.05, 4.69) is 9.97 Å². The minimum atomic E-state index is -1.35. The van der Waals surface area contributed by atoms with Crippen molar-refractivity contribution in [2.45, 2.75) is 130 Å². The SMILES string of the molecule is CC(=O)OCC1OC(OCCCOc2ccc(-c3c4nc(cc5ccc([nH]5)c(-c5ccc(OCCCOC6OC(COC(C)=O)C(OC(C)=O)C(OC(C)=O)C6OC(C)=O)cc5)c5nc(cc6ccc3[nH]6)C=C5)C=C4)cc2)C(OC(C)=O)C(OC(C)=O)C1OC(C)=O. The molecule has 7 heterocycles. The summed E-state index contributed by atoms with van der Waals surface area (Å²) >= 11 is 0. The van der Waals surface area contributed by atoms with Crippen LogP contribution in [-0.2, 0) is 95.2 Å². The van der Waals surface area contributed by atoms with Gasteiger partial charge in [0.1, 0.15) is 36.9 Å². The van der Waals surface area contributed by atoms with E-state index in [9.17, 15) is 38.4 Å². The van der Waals surface area contributed by atoms with Crippen LogP contribution in [0.3, 0.4) is 0 Å². The number of esters is 8. The predicted molar refractivity (Wildman–Crippen MR) is 326 cm³/mol. The van der Waals surface area contributed by atoms with Gasteiger partial charge in [0.2, 0.25) is 0 Å². The molecule has 0 aliphatic carbocycles. The lowest BCUT2D eigenvalue weighted by atomic mass is 9.98. The highest BCUT2D eigenvalue weighted by atomic mass is 16.7. The van der Waals surface area contributed by atoms with Gasteiger partial charge in [-0.1, -0.05) is 24.3 Å². The smallest absolute Gasteiger partial charge is 0.303 e. The highest BCUT2D eigenvalue weighted by molar-refractivity contribution is 5.93. The van der Waals surface area contributed by atoms with Crippen LogP contribution >= 0.6 is 0 Å². The molecule has 8 bridgehead atoms. The first kappa shape index (κ1) is 66.7. The van der Waals surface area contributed by atoms with Gasteiger partial charge in [0, 0.05) is 101 Å². The summed E-state index contributed by atoms with van der Waals surface area (Å²) in [5, 5.41) is 0. The number of hydrogen-bond acceptors (Lipinski definition) is 24.